The third-order valence-corrected chi connectivity index (χ3v) is 8.29. The van der Waals surface area contributed by atoms with Crippen LogP contribution in [0, 0.1) is 5.92 Å². The van der Waals surface area contributed by atoms with Crippen molar-refractivity contribution in [3.05, 3.63) is 93.8 Å². The topological polar surface area (TPSA) is 103 Å². The highest BCUT2D eigenvalue weighted by Gasteiger charge is 2.24. The molecule has 2 atom stereocenters. The van der Waals surface area contributed by atoms with Gasteiger partial charge in [-0.15, -0.1) is 11.3 Å². The fraction of sp³-hybridized carbons (Fsp3) is 0.333. The number of benzene rings is 1. The van der Waals surface area contributed by atoms with Gasteiger partial charge in [0.15, 0.2) is 5.13 Å². The SMILES string of the molecule is CCC1C=CC=C(c2cc(C(=O)NCc3cccc(C(=O)Nc4nc5c(s4)CC(N(C)C)CC5)c3)[nH]n2)C=C1. The van der Waals surface area contributed by atoms with Crippen LogP contribution in [0.5, 0.6) is 0 Å². The van der Waals surface area contributed by atoms with E-state index in [1.54, 1.807) is 29.5 Å². The summed E-state index contributed by atoms with van der Waals surface area (Å²) < 4.78 is 0. The van der Waals surface area contributed by atoms with Crippen LogP contribution in [0.3, 0.4) is 0 Å². The Bertz CT molecular complexity index is 1450. The second kappa shape index (κ2) is 11.9. The number of allylic oxidation sites excluding steroid dienone is 6. The summed E-state index contributed by atoms with van der Waals surface area (Å²) in [6.45, 7) is 2.44. The minimum atomic E-state index is -0.256. The molecule has 2 aliphatic rings. The van der Waals surface area contributed by atoms with Crippen molar-refractivity contribution in [1.29, 1.82) is 0 Å². The Labute approximate surface area is 232 Å². The van der Waals surface area contributed by atoms with Gasteiger partial charge in [-0.05, 0) is 69.5 Å². The molecule has 2 unspecified atom stereocenters. The van der Waals surface area contributed by atoms with Crippen LogP contribution >= 0.6 is 11.3 Å². The average molecular weight is 543 g/mol. The van der Waals surface area contributed by atoms with Crippen LogP contribution in [0.15, 0.2) is 60.7 Å². The van der Waals surface area contributed by atoms with E-state index in [-0.39, 0.29) is 18.4 Å². The van der Waals surface area contributed by atoms with Crippen molar-refractivity contribution in [2.45, 2.75) is 45.2 Å². The number of rotatable bonds is 8. The van der Waals surface area contributed by atoms with Crippen LogP contribution < -0.4 is 10.6 Å². The number of hydrogen-bond acceptors (Lipinski definition) is 6. The lowest BCUT2D eigenvalue weighted by atomic mass is 9.97. The Morgan fingerprint density at radius 3 is 2.87 bits per heavy atom. The van der Waals surface area contributed by atoms with Gasteiger partial charge < -0.3 is 10.2 Å². The van der Waals surface area contributed by atoms with Crippen molar-refractivity contribution in [2.75, 3.05) is 19.4 Å². The predicted molar refractivity (Wildman–Crippen MR) is 156 cm³/mol. The number of fused-ring (bicyclic) bond motifs is 1. The van der Waals surface area contributed by atoms with E-state index >= 15 is 0 Å². The van der Waals surface area contributed by atoms with Crippen molar-refractivity contribution in [1.82, 2.24) is 25.4 Å². The van der Waals surface area contributed by atoms with Gasteiger partial charge in [-0.2, -0.15) is 5.10 Å². The fourth-order valence-electron chi connectivity index (χ4n) is 4.80. The quantitative estimate of drug-likeness (QED) is 0.372. The van der Waals surface area contributed by atoms with Crippen molar-refractivity contribution in [3.8, 4) is 0 Å². The highest BCUT2D eigenvalue weighted by atomic mass is 32.1. The fourth-order valence-corrected chi connectivity index (χ4v) is 5.87. The standard InChI is InChI=1S/C30H34N6O2S/c1-4-19-7-5-9-21(12-11-19)25-17-26(35-34-25)29(38)31-18-20-8-6-10-22(15-20)28(37)33-30-32-24-14-13-23(36(2)3)16-27(24)39-30/h5-12,15,17,19,23H,4,13-14,16,18H2,1-3H3,(H,31,38)(H,34,35)(H,32,33,37). The van der Waals surface area contributed by atoms with Crippen LogP contribution in [0.4, 0.5) is 5.13 Å². The lowest BCUT2D eigenvalue weighted by Crippen LogP contribution is -2.32. The van der Waals surface area contributed by atoms with Gasteiger partial charge in [-0.25, -0.2) is 4.98 Å². The molecule has 0 spiro atoms. The molecule has 3 aromatic rings. The lowest BCUT2D eigenvalue weighted by molar-refractivity contribution is 0.0945. The van der Waals surface area contributed by atoms with E-state index in [1.165, 1.54) is 4.88 Å². The molecule has 2 aliphatic carbocycles. The maximum absolute atomic E-state index is 13.0. The summed E-state index contributed by atoms with van der Waals surface area (Å²) in [6.07, 6.45) is 14.4. The number of carbonyl (C=O) groups is 2. The van der Waals surface area contributed by atoms with Gasteiger partial charge in [0.25, 0.3) is 11.8 Å². The van der Waals surface area contributed by atoms with Crippen molar-refractivity contribution in [3.63, 3.8) is 0 Å². The molecule has 0 bridgehead atoms. The smallest absolute Gasteiger partial charge is 0.269 e. The number of anilines is 1. The number of carbonyl (C=O) groups excluding carboxylic acids is 2. The number of nitrogens with zero attached hydrogens (tertiary/aromatic N) is 3. The zero-order valence-corrected chi connectivity index (χ0v) is 23.3. The van der Waals surface area contributed by atoms with Crippen LogP contribution in [0.1, 0.15) is 62.4 Å². The summed E-state index contributed by atoms with van der Waals surface area (Å²) in [6, 6.07) is 9.53. The van der Waals surface area contributed by atoms with Crippen LogP contribution in [-0.4, -0.2) is 52.0 Å². The molecule has 1 aromatic carbocycles. The minimum Gasteiger partial charge on any atom is -0.347 e. The molecular weight excluding hydrogens is 508 g/mol. The molecule has 3 N–H and O–H groups in total. The molecule has 0 saturated heterocycles. The summed E-state index contributed by atoms with van der Waals surface area (Å²) in [7, 11) is 4.21. The second-order valence-corrected chi connectivity index (χ2v) is 11.3. The monoisotopic (exact) mass is 542 g/mol. The predicted octanol–water partition coefficient (Wildman–Crippen LogP) is 5.00. The van der Waals surface area contributed by atoms with Crippen LogP contribution in [-0.2, 0) is 19.4 Å². The van der Waals surface area contributed by atoms with Gasteiger partial charge in [-0.1, -0.05) is 49.4 Å². The average Bonchev–Trinajstić information content (AvgIpc) is 3.52. The first-order valence-corrected chi connectivity index (χ1v) is 14.2. The van der Waals surface area contributed by atoms with E-state index < -0.39 is 0 Å². The molecule has 0 fully saturated rings. The molecule has 8 nitrogen and oxygen atoms in total. The number of likely N-dealkylation sites (N-methyl/N-ethyl adjacent to an activating group) is 1. The summed E-state index contributed by atoms with van der Waals surface area (Å²) in [5.41, 5.74) is 4.51. The summed E-state index contributed by atoms with van der Waals surface area (Å²) >= 11 is 1.56. The number of aryl methyl sites for hydroxylation is 1. The maximum atomic E-state index is 13.0. The Balaban J connectivity index is 1.18. The van der Waals surface area contributed by atoms with E-state index in [9.17, 15) is 9.59 Å². The first-order valence-electron chi connectivity index (χ1n) is 13.4. The van der Waals surface area contributed by atoms with Gasteiger partial charge >= 0.3 is 0 Å². The van der Waals surface area contributed by atoms with Gasteiger partial charge in [-0.3, -0.25) is 20.0 Å². The molecule has 2 aromatic heterocycles. The molecule has 2 heterocycles. The minimum absolute atomic E-state index is 0.208. The first-order chi connectivity index (χ1) is 18.9. The number of aromatic nitrogens is 3. The molecule has 202 valence electrons. The number of hydrogen-bond donors (Lipinski definition) is 3. The Morgan fingerprint density at radius 2 is 2.05 bits per heavy atom. The van der Waals surface area contributed by atoms with E-state index in [2.05, 4.69) is 63.9 Å². The number of thiazole rings is 1. The number of nitrogens with one attached hydrogen (secondary N) is 3. The molecule has 5 rings (SSSR count). The maximum Gasteiger partial charge on any atom is 0.269 e. The zero-order chi connectivity index (χ0) is 27.4. The summed E-state index contributed by atoms with van der Waals surface area (Å²) in [5.74, 6) is -0.0602. The molecular formula is C30H34N6O2S. The van der Waals surface area contributed by atoms with E-state index in [0.717, 1.165) is 48.2 Å². The Kier molecular flexibility index (Phi) is 8.18. The van der Waals surface area contributed by atoms with E-state index in [4.69, 9.17) is 0 Å². The zero-order valence-electron chi connectivity index (χ0n) is 22.5. The van der Waals surface area contributed by atoms with E-state index in [0.29, 0.717) is 28.3 Å². The molecule has 9 heteroatoms. The number of H-pyrrole nitrogens is 1. The van der Waals surface area contributed by atoms with Crippen LogP contribution in [0.2, 0.25) is 0 Å². The highest BCUT2D eigenvalue weighted by molar-refractivity contribution is 7.15. The van der Waals surface area contributed by atoms with Crippen molar-refractivity contribution in [2.24, 2.45) is 5.92 Å². The Morgan fingerprint density at radius 1 is 1.18 bits per heavy atom. The first kappa shape index (κ1) is 26.8. The third-order valence-electron chi connectivity index (χ3n) is 7.25. The molecule has 0 aliphatic heterocycles. The van der Waals surface area contributed by atoms with Crippen molar-refractivity contribution < 1.29 is 9.59 Å². The van der Waals surface area contributed by atoms with Crippen molar-refractivity contribution >= 4 is 33.9 Å². The summed E-state index contributed by atoms with van der Waals surface area (Å²) in [4.78, 5) is 33.9. The van der Waals surface area contributed by atoms with E-state index in [1.807, 2.05) is 30.4 Å². The normalized spacial score (nSPS) is 18.4. The number of aromatic amines is 1. The lowest BCUT2D eigenvalue weighted by Gasteiger charge is -2.27. The van der Waals surface area contributed by atoms with Gasteiger partial charge in [0.1, 0.15) is 5.69 Å². The molecule has 0 radical (unpaired) electrons. The largest absolute Gasteiger partial charge is 0.347 e. The molecule has 2 amide bonds. The number of amides is 2. The highest BCUT2D eigenvalue weighted by Crippen LogP contribution is 2.31. The molecule has 39 heavy (non-hydrogen) atoms. The third kappa shape index (κ3) is 6.43. The van der Waals surface area contributed by atoms with Gasteiger partial charge in [0, 0.05) is 28.6 Å². The molecule has 0 saturated carbocycles. The van der Waals surface area contributed by atoms with Gasteiger partial charge in [0.05, 0.1) is 11.4 Å². The van der Waals surface area contributed by atoms with Gasteiger partial charge in [0.2, 0.25) is 0 Å². The second-order valence-electron chi connectivity index (χ2n) is 10.2. The summed E-state index contributed by atoms with van der Waals surface area (Å²) in [5, 5.41) is 13.7. The Hall–Kier alpha value is -3.82. The van der Waals surface area contributed by atoms with Crippen LogP contribution in [0.25, 0.3) is 5.57 Å².